The van der Waals surface area contributed by atoms with Gasteiger partial charge in [-0.1, -0.05) is 65.7 Å². The lowest BCUT2D eigenvalue weighted by Gasteiger charge is -2.24. The first-order valence-electron chi connectivity index (χ1n) is 7.65. The summed E-state index contributed by atoms with van der Waals surface area (Å²) < 4.78 is 0. The summed E-state index contributed by atoms with van der Waals surface area (Å²) in [5.74, 6) is 0.155. The van der Waals surface area contributed by atoms with Gasteiger partial charge in [-0.3, -0.25) is 4.79 Å². The van der Waals surface area contributed by atoms with Gasteiger partial charge in [0.25, 0.3) is 0 Å². The van der Waals surface area contributed by atoms with Crippen LogP contribution in [-0.2, 0) is 4.79 Å². The molecule has 2 nitrogen and oxygen atoms in total. The first kappa shape index (κ1) is 17.5. The molecule has 0 saturated carbocycles. The fourth-order valence-corrected chi connectivity index (χ4v) is 2.35. The van der Waals surface area contributed by atoms with Crippen molar-refractivity contribution in [3.8, 4) is 0 Å². The van der Waals surface area contributed by atoms with Gasteiger partial charge in [-0.05, 0) is 25.7 Å². The third-order valence-corrected chi connectivity index (χ3v) is 3.86. The molecular formula is C16H32O2. The van der Waals surface area contributed by atoms with E-state index < -0.39 is 11.4 Å². The number of aliphatic carboxylic acids is 1. The maximum absolute atomic E-state index is 11.4. The van der Waals surface area contributed by atoms with Gasteiger partial charge in [0.15, 0.2) is 0 Å². The number of carbonyl (C=O) groups is 1. The molecule has 2 heteroatoms. The summed E-state index contributed by atoms with van der Waals surface area (Å²) >= 11 is 0. The molecule has 0 saturated heterocycles. The molecule has 0 spiro atoms. The van der Waals surface area contributed by atoms with Crippen LogP contribution in [0.4, 0.5) is 0 Å². The highest BCUT2D eigenvalue weighted by atomic mass is 16.4. The molecule has 0 aromatic carbocycles. The van der Waals surface area contributed by atoms with Gasteiger partial charge >= 0.3 is 5.97 Å². The molecule has 0 aliphatic rings. The molecule has 0 rings (SSSR count). The number of rotatable bonds is 11. The Bertz CT molecular complexity index is 223. The standard InChI is InChI=1S/C16H32O2/c1-5-6-9-12-16(4,15(17)18)13-10-7-8-11-14(2)3/h14H,5-13H2,1-4H3,(H,17,18). The first-order valence-corrected chi connectivity index (χ1v) is 7.65. The summed E-state index contributed by atoms with van der Waals surface area (Å²) in [6.45, 7) is 8.57. The minimum atomic E-state index is -0.609. The molecule has 0 radical (unpaired) electrons. The van der Waals surface area contributed by atoms with Crippen LogP contribution in [0, 0.1) is 11.3 Å². The predicted molar refractivity (Wildman–Crippen MR) is 77.8 cm³/mol. The zero-order chi connectivity index (χ0) is 14.0. The van der Waals surface area contributed by atoms with Gasteiger partial charge in [-0.15, -0.1) is 0 Å². The minimum absolute atomic E-state index is 0.493. The van der Waals surface area contributed by atoms with E-state index >= 15 is 0 Å². The normalized spacial score (nSPS) is 14.7. The molecule has 1 atom stereocenters. The summed E-state index contributed by atoms with van der Waals surface area (Å²) in [6.07, 6.45) is 9.76. The Hall–Kier alpha value is -0.530. The van der Waals surface area contributed by atoms with Gasteiger partial charge in [-0.2, -0.15) is 0 Å². The van der Waals surface area contributed by atoms with E-state index in [9.17, 15) is 9.90 Å². The largest absolute Gasteiger partial charge is 0.481 e. The Kier molecular flexibility index (Phi) is 9.13. The zero-order valence-corrected chi connectivity index (χ0v) is 12.8. The van der Waals surface area contributed by atoms with Crippen molar-refractivity contribution in [1.82, 2.24) is 0 Å². The Balaban J connectivity index is 3.91. The average Bonchev–Trinajstić information content (AvgIpc) is 2.28. The summed E-state index contributed by atoms with van der Waals surface area (Å²) in [4.78, 5) is 11.4. The number of carboxylic acid groups (broad SMARTS) is 1. The Morgan fingerprint density at radius 1 is 1.06 bits per heavy atom. The summed E-state index contributed by atoms with van der Waals surface area (Å²) in [7, 11) is 0. The van der Waals surface area contributed by atoms with Crippen LogP contribution in [0.2, 0.25) is 0 Å². The van der Waals surface area contributed by atoms with Crippen LogP contribution in [0.25, 0.3) is 0 Å². The van der Waals surface area contributed by atoms with Crippen molar-refractivity contribution in [3.63, 3.8) is 0 Å². The predicted octanol–water partition coefficient (Wildman–Crippen LogP) is 5.26. The van der Waals surface area contributed by atoms with Gasteiger partial charge in [-0.25, -0.2) is 0 Å². The van der Waals surface area contributed by atoms with Gasteiger partial charge in [0.1, 0.15) is 0 Å². The molecule has 0 aromatic heterocycles. The van der Waals surface area contributed by atoms with Crippen LogP contribution >= 0.6 is 0 Å². The molecule has 0 fully saturated rings. The Labute approximate surface area is 113 Å². The van der Waals surface area contributed by atoms with E-state index in [0.29, 0.717) is 0 Å². The van der Waals surface area contributed by atoms with Gasteiger partial charge in [0.2, 0.25) is 0 Å². The Morgan fingerprint density at radius 3 is 2.06 bits per heavy atom. The molecule has 108 valence electrons. The quantitative estimate of drug-likeness (QED) is 0.512. The number of carboxylic acids is 1. The molecule has 18 heavy (non-hydrogen) atoms. The van der Waals surface area contributed by atoms with E-state index in [-0.39, 0.29) is 0 Å². The van der Waals surface area contributed by atoms with E-state index in [1.165, 1.54) is 19.3 Å². The van der Waals surface area contributed by atoms with Crippen LogP contribution in [-0.4, -0.2) is 11.1 Å². The van der Waals surface area contributed by atoms with Gasteiger partial charge < -0.3 is 5.11 Å². The summed E-state index contributed by atoms with van der Waals surface area (Å²) in [6, 6.07) is 0. The average molecular weight is 256 g/mol. The van der Waals surface area contributed by atoms with Crippen molar-refractivity contribution < 1.29 is 9.90 Å². The van der Waals surface area contributed by atoms with Crippen molar-refractivity contribution in [2.24, 2.45) is 11.3 Å². The van der Waals surface area contributed by atoms with E-state index in [1.54, 1.807) is 0 Å². The maximum Gasteiger partial charge on any atom is 0.309 e. The van der Waals surface area contributed by atoms with Crippen LogP contribution in [0.1, 0.15) is 85.5 Å². The number of unbranched alkanes of at least 4 members (excludes halogenated alkanes) is 4. The van der Waals surface area contributed by atoms with Crippen molar-refractivity contribution in [2.45, 2.75) is 85.5 Å². The molecule has 0 aliphatic carbocycles. The van der Waals surface area contributed by atoms with Crippen LogP contribution in [0.15, 0.2) is 0 Å². The lowest BCUT2D eigenvalue weighted by Crippen LogP contribution is -2.27. The van der Waals surface area contributed by atoms with Crippen LogP contribution in [0.5, 0.6) is 0 Å². The van der Waals surface area contributed by atoms with Crippen molar-refractivity contribution >= 4 is 5.97 Å². The van der Waals surface area contributed by atoms with E-state index in [0.717, 1.165) is 44.4 Å². The highest BCUT2D eigenvalue weighted by Crippen LogP contribution is 2.31. The van der Waals surface area contributed by atoms with Crippen LogP contribution in [0.3, 0.4) is 0 Å². The molecule has 1 unspecified atom stereocenters. The monoisotopic (exact) mass is 256 g/mol. The second kappa shape index (κ2) is 9.41. The minimum Gasteiger partial charge on any atom is -0.481 e. The lowest BCUT2D eigenvalue weighted by atomic mass is 9.80. The third-order valence-electron chi connectivity index (χ3n) is 3.86. The van der Waals surface area contributed by atoms with Gasteiger partial charge in [0, 0.05) is 0 Å². The van der Waals surface area contributed by atoms with E-state index in [4.69, 9.17) is 0 Å². The van der Waals surface area contributed by atoms with E-state index in [2.05, 4.69) is 20.8 Å². The maximum atomic E-state index is 11.4. The third kappa shape index (κ3) is 7.73. The number of hydrogen-bond donors (Lipinski definition) is 1. The van der Waals surface area contributed by atoms with Crippen molar-refractivity contribution in [2.75, 3.05) is 0 Å². The Morgan fingerprint density at radius 2 is 1.61 bits per heavy atom. The molecule has 0 aromatic rings. The highest BCUT2D eigenvalue weighted by molar-refractivity contribution is 5.74. The lowest BCUT2D eigenvalue weighted by molar-refractivity contribution is -0.149. The van der Waals surface area contributed by atoms with Crippen molar-refractivity contribution in [3.05, 3.63) is 0 Å². The number of hydrogen-bond acceptors (Lipinski definition) is 1. The zero-order valence-electron chi connectivity index (χ0n) is 12.8. The molecule has 1 N–H and O–H groups in total. The van der Waals surface area contributed by atoms with Crippen LogP contribution < -0.4 is 0 Å². The SMILES string of the molecule is CCCCCC(C)(CCCCCC(C)C)C(=O)O. The molecule has 0 bridgehead atoms. The second-order valence-corrected chi connectivity index (χ2v) is 6.32. The summed E-state index contributed by atoms with van der Waals surface area (Å²) in [5.41, 5.74) is -0.493. The van der Waals surface area contributed by atoms with Gasteiger partial charge in [0.05, 0.1) is 5.41 Å². The fourth-order valence-electron chi connectivity index (χ4n) is 2.35. The first-order chi connectivity index (χ1) is 8.42. The topological polar surface area (TPSA) is 37.3 Å². The highest BCUT2D eigenvalue weighted by Gasteiger charge is 2.31. The molecule has 0 aliphatic heterocycles. The summed E-state index contributed by atoms with van der Waals surface area (Å²) in [5, 5.41) is 9.38. The molecule has 0 amide bonds. The fraction of sp³-hybridized carbons (Fsp3) is 0.938. The molecular weight excluding hydrogens is 224 g/mol. The second-order valence-electron chi connectivity index (χ2n) is 6.32. The smallest absolute Gasteiger partial charge is 0.309 e. The van der Waals surface area contributed by atoms with Crippen molar-refractivity contribution in [1.29, 1.82) is 0 Å². The van der Waals surface area contributed by atoms with E-state index in [1.807, 2.05) is 6.92 Å². The molecule has 0 heterocycles.